The Morgan fingerprint density at radius 3 is 2.50 bits per heavy atom. The zero-order valence-electron chi connectivity index (χ0n) is 10.8. The molecule has 0 unspecified atom stereocenters. The van der Waals surface area contributed by atoms with E-state index in [0.717, 1.165) is 6.42 Å². The van der Waals surface area contributed by atoms with E-state index in [1.807, 2.05) is 20.8 Å². The molecule has 6 heteroatoms. The zero-order chi connectivity index (χ0) is 13.7. The van der Waals surface area contributed by atoms with Crippen molar-refractivity contribution in [3.8, 4) is 11.5 Å². The van der Waals surface area contributed by atoms with E-state index in [1.165, 1.54) is 12.1 Å². The maximum Gasteiger partial charge on any atom is 0.488 e. The summed E-state index contributed by atoms with van der Waals surface area (Å²) >= 11 is 6.07. The van der Waals surface area contributed by atoms with E-state index in [9.17, 15) is 10.0 Å². The molecule has 1 aromatic rings. The normalized spacial score (nSPS) is 10.6. The summed E-state index contributed by atoms with van der Waals surface area (Å²) in [5.74, 6) is 0.866. The van der Waals surface area contributed by atoms with Crippen molar-refractivity contribution in [2.75, 3.05) is 6.61 Å². The highest BCUT2D eigenvalue weighted by molar-refractivity contribution is 6.59. The molecule has 100 valence electrons. The topological polar surface area (TPSA) is 58.9 Å². The fourth-order valence-corrected chi connectivity index (χ4v) is 1.67. The standard InChI is InChI=1S/C12H18BClO4/c1-4-5-17-11-7-9(13(15)16)6-10(14)12(11)18-8(2)3/h6-8,15-16H,4-5H2,1-3H3. The second-order valence-corrected chi connectivity index (χ2v) is 4.63. The first-order valence-corrected chi connectivity index (χ1v) is 6.32. The summed E-state index contributed by atoms with van der Waals surface area (Å²) in [6.45, 7) is 6.26. The van der Waals surface area contributed by atoms with Crippen LogP contribution >= 0.6 is 11.6 Å². The Hall–Kier alpha value is -0.905. The van der Waals surface area contributed by atoms with Gasteiger partial charge in [-0.05, 0) is 37.9 Å². The first-order valence-electron chi connectivity index (χ1n) is 5.94. The van der Waals surface area contributed by atoms with Crippen LogP contribution in [0.15, 0.2) is 12.1 Å². The van der Waals surface area contributed by atoms with Crippen LogP contribution in [0.2, 0.25) is 5.02 Å². The molecular weight excluding hydrogens is 254 g/mol. The molecule has 2 N–H and O–H groups in total. The highest BCUT2D eigenvalue weighted by atomic mass is 35.5. The second-order valence-electron chi connectivity index (χ2n) is 4.22. The molecule has 4 nitrogen and oxygen atoms in total. The van der Waals surface area contributed by atoms with Gasteiger partial charge in [-0.25, -0.2) is 0 Å². The van der Waals surface area contributed by atoms with Gasteiger partial charge in [0.25, 0.3) is 0 Å². The summed E-state index contributed by atoms with van der Waals surface area (Å²) in [5.41, 5.74) is 0.280. The zero-order valence-corrected chi connectivity index (χ0v) is 11.6. The molecule has 0 spiro atoms. The monoisotopic (exact) mass is 272 g/mol. The smallest absolute Gasteiger partial charge is 0.488 e. The molecule has 0 aliphatic rings. The van der Waals surface area contributed by atoms with Gasteiger partial charge in [-0.15, -0.1) is 0 Å². The van der Waals surface area contributed by atoms with Crippen molar-refractivity contribution >= 4 is 24.2 Å². The molecule has 0 heterocycles. The van der Waals surface area contributed by atoms with Gasteiger partial charge in [0, 0.05) is 0 Å². The molecule has 0 bridgehead atoms. The molecule has 1 aromatic carbocycles. The molecule has 0 aliphatic heterocycles. The molecule has 0 radical (unpaired) electrons. The fourth-order valence-electron chi connectivity index (χ4n) is 1.41. The predicted molar refractivity (Wildman–Crippen MR) is 72.8 cm³/mol. The molecule has 0 saturated heterocycles. The number of rotatable bonds is 6. The van der Waals surface area contributed by atoms with Crippen molar-refractivity contribution in [1.82, 2.24) is 0 Å². The third-order valence-electron chi connectivity index (χ3n) is 2.15. The van der Waals surface area contributed by atoms with Crippen LogP contribution in [0.3, 0.4) is 0 Å². The highest BCUT2D eigenvalue weighted by Crippen LogP contribution is 2.35. The van der Waals surface area contributed by atoms with E-state index in [0.29, 0.717) is 23.1 Å². The van der Waals surface area contributed by atoms with Crippen LogP contribution < -0.4 is 14.9 Å². The van der Waals surface area contributed by atoms with Gasteiger partial charge in [-0.2, -0.15) is 0 Å². The minimum absolute atomic E-state index is 0.0450. The van der Waals surface area contributed by atoms with E-state index >= 15 is 0 Å². The lowest BCUT2D eigenvalue weighted by molar-refractivity contribution is 0.221. The van der Waals surface area contributed by atoms with Gasteiger partial charge < -0.3 is 19.5 Å². The maximum atomic E-state index is 9.17. The van der Waals surface area contributed by atoms with Crippen LogP contribution in [0.25, 0.3) is 0 Å². The molecule has 0 aromatic heterocycles. The van der Waals surface area contributed by atoms with Gasteiger partial charge in [0.2, 0.25) is 0 Å². The number of halogens is 1. The van der Waals surface area contributed by atoms with Crippen LogP contribution in [-0.2, 0) is 0 Å². The molecule has 0 atom stereocenters. The average Bonchev–Trinajstić information content (AvgIpc) is 2.28. The highest BCUT2D eigenvalue weighted by Gasteiger charge is 2.19. The third kappa shape index (κ3) is 4.08. The van der Waals surface area contributed by atoms with E-state index < -0.39 is 7.12 Å². The first-order chi connectivity index (χ1) is 8.45. The molecule has 0 amide bonds. The lowest BCUT2D eigenvalue weighted by Gasteiger charge is -2.17. The summed E-state index contributed by atoms with van der Waals surface area (Å²) in [6.07, 6.45) is 0.793. The third-order valence-corrected chi connectivity index (χ3v) is 2.43. The summed E-state index contributed by atoms with van der Waals surface area (Å²) in [6, 6.07) is 2.99. The summed E-state index contributed by atoms with van der Waals surface area (Å²) in [4.78, 5) is 0. The van der Waals surface area contributed by atoms with Gasteiger partial charge >= 0.3 is 7.12 Å². The van der Waals surface area contributed by atoms with Crippen LogP contribution in [0.1, 0.15) is 27.2 Å². The Morgan fingerprint density at radius 2 is 2.00 bits per heavy atom. The van der Waals surface area contributed by atoms with Gasteiger partial charge in [0.1, 0.15) is 0 Å². The lowest BCUT2D eigenvalue weighted by atomic mass is 9.80. The minimum Gasteiger partial charge on any atom is -0.490 e. The first kappa shape index (κ1) is 15.2. The van der Waals surface area contributed by atoms with Crippen molar-refractivity contribution in [3.63, 3.8) is 0 Å². The fraction of sp³-hybridized carbons (Fsp3) is 0.500. The largest absolute Gasteiger partial charge is 0.490 e. The van der Waals surface area contributed by atoms with Crippen LogP contribution in [-0.4, -0.2) is 29.9 Å². The number of benzene rings is 1. The average molecular weight is 273 g/mol. The lowest BCUT2D eigenvalue weighted by Crippen LogP contribution is -2.30. The van der Waals surface area contributed by atoms with Crippen molar-refractivity contribution in [2.24, 2.45) is 0 Å². The summed E-state index contributed by atoms with van der Waals surface area (Å²) in [5, 5.41) is 18.6. The van der Waals surface area contributed by atoms with Crippen molar-refractivity contribution in [3.05, 3.63) is 17.2 Å². The van der Waals surface area contributed by atoms with Crippen molar-refractivity contribution < 1.29 is 19.5 Å². The molecule has 0 saturated carbocycles. The number of ether oxygens (including phenoxy) is 2. The Morgan fingerprint density at radius 1 is 1.33 bits per heavy atom. The summed E-state index contributed by atoms with van der Waals surface area (Å²) in [7, 11) is -1.58. The number of hydrogen-bond donors (Lipinski definition) is 2. The molecule has 1 rings (SSSR count). The van der Waals surface area contributed by atoms with Gasteiger partial charge in [0.05, 0.1) is 17.7 Å². The molecule has 18 heavy (non-hydrogen) atoms. The van der Waals surface area contributed by atoms with Crippen molar-refractivity contribution in [1.29, 1.82) is 0 Å². The van der Waals surface area contributed by atoms with Crippen LogP contribution in [0.5, 0.6) is 11.5 Å². The van der Waals surface area contributed by atoms with Gasteiger partial charge in [-0.3, -0.25) is 0 Å². The SMILES string of the molecule is CCCOc1cc(B(O)O)cc(Cl)c1OC(C)C. The van der Waals surface area contributed by atoms with E-state index in [4.69, 9.17) is 21.1 Å². The Kier molecular flexibility index (Phi) is 5.79. The molecule has 0 fully saturated rings. The van der Waals surface area contributed by atoms with Gasteiger partial charge in [-0.1, -0.05) is 18.5 Å². The van der Waals surface area contributed by atoms with Crippen LogP contribution in [0, 0.1) is 0 Å². The minimum atomic E-state index is -1.58. The Balaban J connectivity index is 3.12. The van der Waals surface area contributed by atoms with E-state index in [-0.39, 0.29) is 11.6 Å². The molecule has 0 aliphatic carbocycles. The quantitative estimate of drug-likeness (QED) is 0.772. The molecular formula is C12H18BClO4. The van der Waals surface area contributed by atoms with E-state index in [2.05, 4.69) is 0 Å². The number of hydrogen-bond acceptors (Lipinski definition) is 4. The van der Waals surface area contributed by atoms with Crippen LogP contribution in [0.4, 0.5) is 0 Å². The summed E-state index contributed by atoms with van der Waals surface area (Å²) < 4.78 is 11.1. The van der Waals surface area contributed by atoms with E-state index in [1.54, 1.807) is 0 Å². The predicted octanol–water partition coefficient (Wildman–Crippen LogP) is 1.60. The maximum absolute atomic E-state index is 9.17. The Bertz CT molecular complexity index is 396. The van der Waals surface area contributed by atoms with Crippen molar-refractivity contribution in [2.45, 2.75) is 33.3 Å². The van der Waals surface area contributed by atoms with Gasteiger partial charge in [0.15, 0.2) is 11.5 Å². The second kappa shape index (κ2) is 6.88. The Labute approximate surface area is 113 Å².